The van der Waals surface area contributed by atoms with Gasteiger partial charge in [0.25, 0.3) is 0 Å². The van der Waals surface area contributed by atoms with Crippen molar-refractivity contribution in [2.45, 2.75) is 45.9 Å². The second kappa shape index (κ2) is 9.17. The summed E-state index contributed by atoms with van der Waals surface area (Å²) in [5.74, 6) is 0.904. The molecule has 0 aliphatic heterocycles. The van der Waals surface area contributed by atoms with E-state index in [4.69, 9.17) is 16.3 Å². The van der Waals surface area contributed by atoms with E-state index in [2.05, 4.69) is 32.2 Å². The van der Waals surface area contributed by atoms with E-state index < -0.39 is 0 Å². The zero-order valence-electron chi connectivity index (χ0n) is 13.9. The van der Waals surface area contributed by atoms with Crippen LogP contribution < -0.4 is 10.1 Å². The Balaban J connectivity index is 0.00000264. The highest BCUT2D eigenvalue weighted by Crippen LogP contribution is 2.22. The van der Waals surface area contributed by atoms with Gasteiger partial charge in [0.2, 0.25) is 0 Å². The number of benzene rings is 2. The molecule has 1 N–H and O–H groups in total. The molecule has 0 aliphatic carbocycles. The fourth-order valence-electron chi connectivity index (χ4n) is 2.02. The fourth-order valence-corrected chi connectivity index (χ4v) is 2.21. The van der Waals surface area contributed by atoms with Gasteiger partial charge < -0.3 is 10.1 Å². The van der Waals surface area contributed by atoms with Crippen molar-refractivity contribution >= 4 is 24.0 Å². The van der Waals surface area contributed by atoms with Crippen molar-refractivity contribution in [2.24, 2.45) is 0 Å². The van der Waals surface area contributed by atoms with E-state index in [-0.39, 0.29) is 17.9 Å². The number of ether oxygens (including phenoxy) is 1. The number of hydrogen-bond acceptors (Lipinski definition) is 2. The molecule has 0 bridgehead atoms. The third-order valence-electron chi connectivity index (χ3n) is 3.95. The Morgan fingerprint density at radius 3 is 2.26 bits per heavy atom. The van der Waals surface area contributed by atoms with Crippen LogP contribution in [-0.4, -0.2) is 5.54 Å². The standard InChI is InChI=1S/C19H24ClNO.ClH/c1-4-19(2,3)21-13-15-9-6-8-12-18(15)22-14-16-10-5-7-11-17(16)20;/h5-12,21H,4,13-14H2,1-3H3;1H. The van der Waals surface area contributed by atoms with Crippen molar-refractivity contribution in [2.75, 3.05) is 0 Å². The second-order valence-electron chi connectivity index (χ2n) is 6.08. The summed E-state index contributed by atoms with van der Waals surface area (Å²) in [7, 11) is 0. The number of para-hydroxylation sites is 1. The molecule has 0 unspecified atom stereocenters. The van der Waals surface area contributed by atoms with E-state index in [1.807, 2.05) is 42.5 Å². The third-order valence-corrected chi connectivity index (χ3v) is 4.32. The first-order valence-electron chi connectivity index (χ1n) is 7.71. The Morgan fingerprint density at radius 2 is 1.61 bits per heavy atom. The molecule has 0 saturated carbocycles. The minimum absolute atomic E-state index is 0. The van der Waals surface area contributed by atoms with Gasteiger partial charge in [-0.05, 0) is 32.4 Å². The molecule has 0 atom stereocenters. The smallest absolute Gasteiger partial charge is 0.124 e. The van der Waals surface area contributed by atoms with Crippen molar-refractivity contribution in [1.82, 2.24) is 5.32 Å². The molecule has 4 heteroatoms. The van der Waals surface area contributed by atoms with Crippen LogP contribution in [0.15, 0.2) is 48.5 Å². The minimum Gasteiger partial charge on any atom is -0.489 e. The number of halogens is 2. The van der Waals surface area contributed by atoms with Crippen molar-refractivity contribution < 1.29 is 4.74 Å². The quantitative estimate of drug-likeness (QED) is 0.697. The summed E-state index contributed by atoms with van der Waals surface area (Å²) in [6, 6.07) is 15.9. The maximum atomic E-state index is 6.18. The van der Waals surface area contributed by atoms with Crippen LogP contribution in [-0.2, 0) is 13.2 Å². The monoisotopic (exact) mass is 353 g/mol. The van der Waals surface area contributed by atoms with Crippen LogP contribution >= 0.6 is 24.0 Å². The lowest BCUT2D eigenvalue weighted by Gasteiger charge is -2.25. The summed E-state index contributed by atoms with van der Waals surface area (Å²) in [5.41, 5.74) is 2.28. The molecule has 2 rings (SSSR count). The van der Waals surface area contributed by atoms with Crippen molar-refractivity contribution in [3.8, 4) is 5.75 Å². The zero-order valence-corrected chi connectivity index (χ0v) is 15.5. The van der Waals surface area contributed by atoms with Gasteiger partial charge in [-0.25, -0.2) is 0 Å². The minimum atomic E-state index is 0. The fraction of sp³-hybridized carbons (Fsp3) is 0.368. The third kappa shape index (κ3) is 6.06. The maximum absolute atomic E-state index is 6.18. The second-order valence-corrected chi connectivity index (χ2v) is 6.49. The first kappa shape index (κ1) is 19.8. The van der Waals surface area contributed by atoms with Crippen molar-refractivity contribution in [3.63, 3.8) is 0 Å². The van der Waals surface area contributed by atoms with Gasteiger partial charge in [-0.1, -0.05) is 54.9 Å². The molecule has 23 heavy (non-hydrogen) atoms. The van der Waals surface area contributed by atoms with E-state index in [0.29, 0.717) is 6.61 Å². The van der Waals surface area contributed by atoms with Gasteiger partial charge in [0.15, 0.2) is 0 Å². The highest BCUT2D eigenvalue weighted by molar-refractivity contribution is 6.31. The molecule has 0 aliphatic rings. The Labute approximate surface area is 150 Å². The Morgan fingerprint density at radius 1 is 1.00 bits per heavy atom. The first-order chi connectivity index (χ1) is 10.5. The molecule has 0 heterocycles. The molecule has 2 aromatic carbocycles. The first-order valence-corrected chi connectivity index (χ1v) is 8.09. The van der Waals surface area contributed by atoms with E-state index in [0.717, 1.165) is 34.9 Å². The summed E-state index contributed by atoms with van der Waals surface area (Å²) in [5, 5.41) is 4.31. The van der Waals surface area contributed by atoms with Gasteiger partial charge in [-0.15, -0.1) is 12.4 Å². The van der Waals surface area contributed by atoms with Crippen LogP contribution in [0.1, 0.15) is 38.3 Å². The van der Waals surface area contributed by atoms with Crippen LogP contribution in [0.25, 0.3) is 0 Å². The summed E-state index contributed by atoms with van der Waals surface area (Å²) in [6.07, 6.45) is 1.08. The molecule has 0 fully saturated rings. The largest absolute Gasteiger partial charge is 0.489 e. The lowest BCUT2D eigenvalue weighted by Crippen LogP contribution is -2.37. The molecule has 0 spiro atoms. The van der Waals surface area contributed by atoms with E-state index >= 15 is 0 Å². The average molecular weight is 354 g/mol. The molecular formula is C19H25Cl2NO. The molecule has 2 aromatic rings. The van der Waals surface area contributed by atoms with Crippen LogP contribution in [0.3, 0.4) is 0 Å². The lowest BCUT2D eigenvalue weighted by molar-refractivity contribution is 0.298. The van der Waals surface area contributed by atoms with Gasteiger partial charge in [0.1, 0.15) is 12.4 Å². The predicted molar refractivity (Wildman–Crippen MR) is 101 cm³/mol. The molecule has 0 amide bonds. The summed E-state index contributed by atoms with van der Waals surface area (Å²) in [4.78, 5) is 0. The topological polar surface area (TPSA) is 21.3 Å². The van der Waals surface area contributed by atoms with Crippen LogP contribution in [0.5, 0.6) is 5.75 Å². The molecule has 2 nitrogen and oxygen atoms in total. The zero-order chi connectivity index (χ0) is 16.0. The summed E-state index contributed by atoms with van der Waals surface area (Å²) >= 11 is 6.18. The van der Waals surface area contributed by atoms with Gasteiger partial charge in [0.05, 0.1) is 0 Å². The molecule has 0 radical (unpaired) electrons. The highest BCUT2D eigenvalue weighted by Gasteiger charge is 2.14. The Bertz CT molecular complexity index is 614. The normalized spacial score (nSPS) is 11.0. The summed E-state index contributed by atoms with van der Waals surface area (Å²) in [6.45, 7) is 7.88. The Kier molecular flexibility index (Phi) is 7.90. The van der Waals surface area contributed by atoms with Crippen LogP contribution in [0.4, 0.5) is 0 Å². The van der Waals surface area contributed by atoms with Crippen molar-refractivity contribution in [1.29, 1.82) is 0 Å². The number of rotatable bonds is 7. The number of hydrogen-bond donors (Lipinski definition) is 1. The molecular weight excluding hydrogens is 329 g/mol. The van der Waals surface area contributed by atoms with Crippen LogP contribution in [0, 0.1) is 0 Å². The van der Waals surface area contributed by atoms with Crippen LogP contribution in [0.2, 0.25) is 5.02 Å². The predicted octanol–water partition coefficient (Wildman–Crippen LogP) is 5.62. The summed E-state index contributed by atoms with van der Waals surface area (Å²) < 4.78 is 5.98. The van der Waals surface area contributed by atoms with Gasteiger partial charge >= 0.3 is 0 Å². The van der Waals surface area contributed by atoms with E-state index in [1.165, 1.54) is 0 Å². The van der Waals surface area contributed by atoms with E-state index in [9.17, 15) is 0 Å². The highest BCUT2D eigenvalue weighted by atomic mass is 35.5. The van der Waals surface area contributed by atoms with Gasteiger partial charge in [-0.3, -0.25) is 0 Å². The SMILES string of the molecule is CCC(C)(C)NCc1ccccc1OCc1ccccc1Cl.Cl. The molecule has 0 saturated heterocycles. The Hall–Kier alpha value is -1.22. The average Bonchev–Trinajstić information content (AvgIpc) is 2.53. The number of nitrogens with one attached hydrogen (secondary N) is 1. The molecule has 126 valence electrons. The van der Waals surface area contributed by atoms with Gasteiger partial charge in [-0.2, -0.15) is 0 Å². The van der Waals surface area contributed by atoms with E-state index in [1.54, 1.807) is 0 Å². The van der Waals surface area contributed by atoms with Gasteiger partial charge in [0, 0.05) is 28.2 Å². The van der Waals surface area contributed by atoms with Crippen molar-refractivity contribution in [3.05, 3.63) is 64.7 Å². The lowest BCUT2D eigenvalue weighted by atomic mass is 10.0. The molecule has 0 aromatic heterocycles. The maximum Gasteiger partial charge on any atom is 0.124 e.